The number of hydrogen-bond donors (Lipinski definition) is 2. The Morgan fingerprint density at radius 1 is 1.15 bits per heavy atom. The molecule has 2 saturated heterocycles. The SMILES string of the molecule is CC(C)Oc1cc(F)c(COc2nc3nc(O[C@@H]4COC5C4OC[C@H]5O)[nH]c3cc2Cl)c(F)c1. The van der Waals surface area contributed by atoms with Gasteiger partial charge in [0.15, 0.2) is 11.8 Å². The predicted octanol–water partition coefficient (Wildman–Crippen LogP) is 3.16. The summed E-state index contributed by atoms with van der Waals surface area (Å²) in [7, 11) is 0. The lowest BCUT2D eigenvalue weighted by molar-refractivity contribution is 0.00706. The van der Waals surface area contributed by atoms with Crippen LogP contribution in [-0.4, -0.2) is 63.8 Å². The Kier molecular flexibility index (Phi) is 6.19. The van der Waals surface area contributed by atoms with Crippen molar-refractivity contribution in [2.75, 3.05) is 13.2 Å². The normalized spacial score (nSPS) is 24.1. The number of aromatic nitrogens is 3. The van der Waals surface area contributed by atoms with Crippen molar-refractivity contribution in [2.45, 2.75) is 51.0 Å². The van der Waals surface area contributed by atoms with Gasteiger partial charge in [0.1, 0.15) is 47.3 Å². The maximum Gasteiger partial charge on any atom is 0.296 e. The molecule has 34 heavy (non-hydrogen) atoms. The third kappa shape index (κ3) is 4.48. The van der Waals surface area contributed by atoms with Crippen molar-refractivity contribution in [1.82, 2.24) is 15.0 Å². The zero-order valence-electron chi connectivity index (χ0n) is 18.3. The molecule has 12 heteroatoms. The monoisotopic (exact) mass is 497 g/mol. The molecule has 0 bridgehead atoms. The second kappa shape index (κ2) is 9.14. The highest BCUT2D eigenvalue weighted by Gasteiger charge is 2.48. The van der Waals surface area contributed by atoms with Crippen LogP contribution in [0.2, 0.25) is 5.02 Å². The lowest BCUT2D eigenvalue weighted by Crippen LogP contribution is -2.34. The van der Waals surface area contributed by atoms with E-state index in [1.165, 1.54) is 6.07 Å². The number of pyridine rings is 1. The summed E-state index contributed by atoms with van der Waals surface area (Å²) in [6.45, 7) is 3.50. The van der Waals surface area contributed by atoms with Crippen LogP contribution < -0.4 is 14.2 Å². The summed E-state index contributed by atoms with van der Waals surface area (Å²) in [5.41, 5.74) is 0.427. The number of fused-ring (bicyclic) bond motifs is 2. The lowest BCUT2D eigenvalue weighted by atomic mass is 10.1. The van der Waals surface area contributed by atoms with Gasteiger partial charge in [-0.05, 0) is 19.9 Å². The molecular weight excluding hydrogens is 476 g/mol. The van der Waals surface area contributed by atoms with Crippen molar-refractivity contribution in [3.63, 3.8) is 0 Å². The van der Waals surface area contributed by atoms with Crippen LogP contribution in [0.15, 0.2) is 18.2 Å². The zero-order valence-corrected chi connectivity index (χ0v) is 19.0. The Morgan fingerprint density at radius 2 is 1.88 bits per heavy atom. The number of nitrogens with zero attached hydrogens (tertiary/aromatic N) is 2. The van der Waals surface area contributed by atoms with E-state index in [0.29, 0.717) is 5.52 Å². The number of H-pyrrole nitrogens is 1. The molecule has 2 unspecified atom stereocenters. The van der Waals surface area contributed by atoms with Gasteiger partial charge in [-0.2, -0.15) is 9.97 Å². The Labute approximate surface area is 197 Å². The molecule has 0 amide bonds. The van der Waals surface area contributed by atoms with E-state index < -0.39 is 42.7 Å². The quantitative estimate of drug-likeness (QED) is 0.512. The Balaban J connectivity index is 1.30. The van der Waals surface area contributed by atoms with Crippen LogP contribution in [0.4, 0.5) is 8.78 Å². The van der Waals surface area contributed by atoms with Gasteiger partial charge in [0.05, 0.1) is 30.4 Å². The van der Waals surface area contributed by atoms with E-state index >= 15 is 0 Å². The highest BCUT2D eigenvalue weighted by Crippen LogP contribution is 2.32. The number of benzene rings is 1. The highest BCUT2D eigenvalue weighted by atomic mass is 35.5. The van der Waals surface area contributed by atoms with Gasteiger partial charge < -0.3 is 33.8 Å². The largest absolute Gasteiger partial charge is 0.491 e. The predicted molar refractivity (Wildman–Crippen MR) is 115 cm³/mol. The van der Waals surface area contributed by atoms with Gasteiger partial charge in [-0.15, -0.1) is 0 Å². The molecule has 1 aromatic carbocycles. The second-order valence-corrected chi connectivity index (χ2v) is 8.74. The molecule has 5 rings (SSSR count). The number of ether oxygens (including phenoxy) is 5. The number of nitrogens with one attached hydrogen (secondary N) is 1. The number of hydrogen-bond acceptors (Lipinski definition) is 8. The molecule has 3 aromatic rings. The molecule has 0 saturated carbocycles. The first-order chi connectivity index (χ1) is 16.3. The standard InChI is InChI=1S/C22H22ClF2N3O6/c1-9(2)33-10-3-13(24)11(14(25)4-10)6-32-21-12(23)5-15-20(27-21)28-22(26-15)34-17-8-31-18-16(29)7-30-19(17)18/h3-5,9,16-19,29H,6-8H2,1-2H3,(H,26,27,28)/t16-,17-,18?,19?/m1/s1. The average Bonchev–Trinajstić information content (AvgIpc) is 3.44. The van der Waals surface area contributed by atoms with Crippen LogP contribution in [0.25, 0.3) is 11.2 Å². The summed E-state index contributed by atoms with van der Waals surface area (Å²) in [4.78, 5) is 11.5. The molecule has 0 aliphatic carbocycles. The summed E-state index contributed by atoms with van der Waals surface area (Å²) in [5.74, 6) is -1.56. The molecule has 182 valence electrons. The molecule has 2 N–H and O–H groups in total. The minimum Gasteiger partial charge on any atom is -0.491 e. The first kappa shape index (κ1) is 23.0. The van der Waals surface area contributed by atoms with Crippen molar-refractivity contribution in [1.29, 1.82) is 0 Å². The lowest BCUT2D eigenvalue weighted by Gasteiger charge is -2.15. The number of rotatable bonds is 7. The number of aliphatic hydroxyl groups is 1. The zero-order chi connectivity index (χ0) is 24.0. The van der Waals surface area contributed by atoms with Gasteiger partial charge in [-0.25, -0.2) is 8.78 Å². The van der Waals surface area contributed by atoms with E-state index in [0.717, 1.165) is 12.1 Å². The fourth-order valence-electron chi connectivity index (χ4n) is 3.92. The van der Waals surface area contributed by atoms with Gasteiger partial charge in [0, 0.05) is 12.1 Å². The van der Waals surface area contributed by atoms with E-state index in [-0.39, 0.29) is 53.2 Å². The molecule has 4 heterocycles. The number of halogens is 3. The van der Waals surface area contributed by atoms with E-state index in [1.54, 1.807) is 13.8 Å². The summed E-state index contributed by atoms with van der Waals surface area (Å²) >= 11 is 6.25. The highest BCUT2D eigenvalue weighted by molar-refractivity contribution is 6.32. The summed E-state index contributed by atoms with van der Waals surface area (Å²) in [6.07, 6.45) is -2.21. The topological polar surface area (TPSA) is 108 Å². The maximum absolute atomic E-state index is 14.4. The number of aromatic amines is 1. The van der Waals surface area contributed by atoms with Crippen LogP contribution in [0.5, 0.6) is 17.6 Å². The molecule has 2 aromatic heterocycles. The van der Waals surface area contributed by atoms with Crippen LogP contribution in [0.3, 0.4) is 0 Å². The van der Waals surface area contributed by atoms with E-state index in [4.69, 9.17) is 35.3 Å². The van der Waals surface area contributed by atoms with Crippen LogP contribution in [0, 0.1) is 11.6 Å². The first-order valence-corrected chi connectivity index (χ1v) is 11.1. The van der Waals surface area contributed by atoms with Crippen molar-refractivity contribution < 1.29 is 37.6 Å². The van der Waals surface area contributed by atoms with Crippen LogP contribution in [-0.2, 0) is 16.1 Å². The molecule has 2 aliphatic heterocycles. The number of imidazole rings is 1. The van der Waals surface area contributed by atoms with Gasteiger partial charge in [0.2, 0.25) is 5.88 Å². The second-order valence-electron chi connectivity index (χ2n) is 8.33. The van der Waals surface area contributed by atoms with Gasteiger partial charge in [-0.3, -0.25) is 0 Å². The summed E-state index contributed by atoms with van der Waals surface area (Å²) in [5, 5.41) is 9.97. The summed E-state index contributed by atoms with van der Waals surface area (Å²) in [6, 6.07) is 3.88. The molecule has 2 aliphatic rings. The molecular formula is C22H22ClF2N3O6. The third-order valence-electron chi connectivity index (χ3n) is 5.46. The van der Waals surface area contributed by atoms with Gasteiger partial charge in [-0.1, -0.05) is 11.6 Å². The van der Waals surface area contributed by atoms with Crippen molar-refractivity contribution in [2.24, 2.45) is 0 Å². The van der Waals surface area contributed by atoms with E-state index in [2.05, 4.69) is 15.0 Å². The number of aliphatic hydroxyl groups excluding tert-OH is 1. The summed E-state index contributed by atoms with van der Waals surface area (Å²) < 4.78 is 56.6. The van der Waals surface area contributed by atoms with Gasteiger partial charge in [0.25, 0.3) is 6.01 Å². The molecule has 2 fully saturated rings. The van der Waals surface area contributed by atoms with Crippen molar-refractivity contribution in [3.8, 4) is 17.6 Å². The van der Waals surface area contributed by atoms with Gasteiger partial charge >= 0.3 is 0 Å². The minimum absolute atomic E-state index is 0.0416. The average molecular weight is 498 g/mol. The molecule has 4 atom stereocenters. The van der Waals surface area contributed by atoms with Crippen molar-refractivity contribution >= 4 is 22.8 Å². The van der Waals surface area contributed by atoms with Crippen molar-refractivity contribution in [3.05, 3.63) is 40.4 Å². The molecule has 0 radical (unpaired) electrons. The van der Waals surface area contributed by atoms with Crippen LogP contribution >= 0.6 is 11.6 Å². The maximum atomic E-state index is 14.4. The Hall–Kier alpha value is -2.73. The molecule has 0 spiro atoms. The minimum atomic E-state index is -0.806. The first-order valence-electron chi connectivity index (χ1n) is 10.7. The van der Waals surface area contributed by atoms with Crippen LogP contribution in [0.1, 0.15) is 19.4 Å². The van der Waals surface area contributed by atoms with E-state index in [9.17, 15) is 13.9 Å². The fourth-order valence-corrected chi connectivity index (χ4v) is 4.13. The Morgan fingerprint density at radius 3 is 2.62 bits per heavy atom. The molecule has 9 nitrogen and oxygen atoms in total. The van der Waals surface area contributed by atoms with E-state index in [1.807, 2.05) is 0 Å². The third-order valence-corrected chi connectivity index (χ3v) is 5.73. The Bertz CT molecular complexity index is 1190. The fraction of sp³-hybridized carbons (Fsp3) is 0.455. The smallest absolute Gasteiger partial charge is 0.296 e.